The van der Waals surface area contributed by atoms with Gasteiger partial charge in [-0.15, -0.1) is 0 Å². The van der Waals surface area contributed by atoms with Gasteiger partial charge < -0.3 is 90.9 Å². The number of aliphatic hydroxyl groups excluding tert-OH is 1. The Kier molecular flexibility index (Phi) is 28.7. The molecular weight excluding hydrogens is 1350 g/mol. The van der Waals surface area contributed by atoms with Crippen molar-refractivity contribution in [2.45, 2.75) is 94.4 Å². The summed E-state index contributed by atoms with van der Waals surface area (Å²) in [6.07, 6.45) is -11.8. The van der Waals surface area contributed by atoms with Crippen molar-refractivity contribution in [2.75, 3.05) is 125 Å². The van der Waals surface area contributed by atoms with E-state index in [1.807, 2.05) is 0 Å². The summed E-state index contributed by atoms with van der Waals surface area (Å²) in [5.41, 5.74) is -1.88. The molecule has 5 unspecified atom stereocenters. The Morgan fingerprint density at radius 1 is 0.557 bits per heavy atom. The number of nitrogens with one attached hydrogen (secondary N) is 3. The van der Waals surface area contributed by atoms with Crippen LogP contribution in [0.2, 0.25) is 0 Å². The fraction of sp³-hybridized carbons (Fsp3) is 0.533. The van der Waals surface area contributed by atoms with Gasteiger partial charge in [0.15, 0.2) is 18.7 Å². The van der Waals surface area contributed by atoms with E-state index in [9.17, 15) is 33.9 Å². The van der Waals surface area contributed by atoms with Crippen LogP contribution < -0.4 is 33.3 Å². The lowest BCUT2D eigenvalue weighted by Crippen LogP contribution is -2.42. The van der Waals surface area contributed by atoms with Crippen LogP contribution in [0.3, 0.4) is 0 Å². The number of nitrogens with zero attached hydrogens (tertiary/aromatic N) is 7. The monoisotopic (exact) mass is 1430 g/mol. The van der Waals surface area contributed by atoms with E-state index in [0.29, 0.717) is 11.1 Å². The van der Waals surface area contributed by atoms with Gasteiger partial charge in [-0.05, 0) is 68.7 Å². The van der Waals surface area contributed by atoms with E-state index in [1.54, 1.807) is 74.5 Å². The van der Waals surface area contributed by atoms with Crippen molar-refractivity contribution in [3.8, 4) is 0 Å². The fourth-order valence-corrected chi connectivity index (χ4v) is 14.5. The minimum Gasteiger partial charge on any atom is -0.394 e. The quantitative estimate of drug-likeness (QED) is 0.0251. The molecule has 3 fully saturated rings. The third-order valence-corrected chi connectivity index (χ3v) is 19.8. The Bertz CT molecular complexity index is 3900. The molecule has 3 aromatic heterocycles. The highest BCUT2D eigenvalue weighted by molar-refractivity contribution is 8.07. The predicted octanol–water partition coefficient (Wildman–Crippen LogP) is 3.40. The smallest absolute Gasteiger partial charge is 0.351 e. The Morgan fingerprint density at radius 3 is 1.36 bits per heavy atom. The molecule has 37 heteroatoms. The molecule has 6 heterocycles. The summed E-state index contributed by atoms with van der Waals surface area (Å²) in [4.78, 5) is 98.6. The molecule has 97 heavy (non-hydrogen) atoms. The van der Waals surface area contributed by atoms with Gasteiger partial charge in [-0.3, -0.25) is 42.1 Å². The molecule has 0 saturated carbocycles. The Balaban J connectivity index is 1.17. The van der Waals surface area contributed by atoms with E-state index in [2.05, 4.69) is 35.3 Å². The van der Waals surface area contributed by atoms with Crippen molar-refractivity contribution in [3.63, 3.8) is 0 Å². The van der Waals surface area contributed by atoms with Crippen LogP contribution in [0, 0.1) is 33.9 Å². The van der Waals surface area contributed by atoms with Crippen LogP contribution in [0.15, 0.2) is 98.4 Å². The molecule has 0 bridgehead atoms. The second-order valence-electron chi connectivity index (χ2n) is 21.7. The van der Waals surface area contributed by atoms with Crippen molar-refractivity contribution in [2.24, 2.45) is 0 Å². The number of ether oxygens (including phenoxy) is 10. The summed E-state index contributed by atoms with van der Waals surface area (Å²) in [7, 11) is 5.71. The number of methoxy groups -OCH3 is 4. The highest BCUT2D eigenvalue weighted by Crippen LogP contribution is 2.57. The first-order valence-corrected chi connectivity index (χ1v) is 35.3. The lowest BCUT2D eigenvalue weighted by Gasteiger charge is -2.32. The summed E-state index contributed by atoms with van der Waals surface area (Å²) in [5, 5.41) is 16.4. The van der Waals surface area contributed by atoms with Crippen LogP contribution in [0.4, 0.5) is 11.6 Å². The van der Waals surface area contributed by atoms with E-state index in [-0.39, 0.29) is 94.3 Å². The van der Waals surface area contributed by atoms with Crippen LogP contribution in [0.25, 0.3) is 9.69 Å². The number of aromatic amines is 1. The highest BCUT2D eigenvalue weighted by Gasteiger charge is 2.54. The number of H-pyrrole nitrogens is 1. The number of aliphatic hydroxyl groups is 1. The zero-order chi connectivity index (χ0) is 69.8. The number of anilines is 2. The van der Waals surface area contributed by atoms with Crippen LogP contribution >= 0.6 is 13.4 Å². The lowest BCUT2D eigenvalue weighted by molar-refractivity contribution is -0.0852. The van der Waals surface area contributed by atoms with E-state index < -0.39 is 141 Å². The number of rotatable bonds is 37. The van der Waals surface area contributed by atoms with Crippen LogP contribution in [0.5, 0.6) is 0 Å². The first-order chi connectivity index (χ1) is 46.7. The Morgan fingerprint density at radius 2 is 0.948 bits per heavy atom. The van der Waals surface area contributed by atoms with Crippen molar-refractivity contribution < 1.29 is 89.2 Å². The third kappa shape index (κ3) is 19.7. The molecule has 0 radical (unpaired) electrons. The third-order valence-electron chi connectivity index (χ3n) is 15.1. The molecule has 526 valence electrons. The second kappa shape index (κ2) is 36.5. The molecule has 5 aromatic rings. The maximum atomic E-state index is 14.5. The largest absolute Gasteiger partial charge is 0.394 e. The summed E-state index contributed by atoms with van der Waals surface area (Å²) >= 11 is 12.4. The molecule has 2 aromatic carbocycles. The molecule has 4 N–H and O–H groups in total. The van der Waals surface area contributed by atoms with E-state index in [0.717, 1.165) is 13.7 Å². The molecular formula is C60H76N10O23P2S2. The maximum absolute atomic E-state index is 14.5. The maximum Gasteiger partial charge on any atom is 0.351 e. The minimum absolute atomic E-state index is 0.0157. The summed E-state index contributed by atoms with van der Waals surface area (Å²) in [5.74, 6) is -1.20. The topological polar surface area (TPSA) is 359 Å². The second-order valence-corrected chi connectivity index (χ2v) is 27.6. The Labute approximate surface area is 566 Å². The summed E-state index contributed by atoms with van der Waals surface area (Å²) in [6.45, 7) is 7.97. The van der Waals surface area contributed by atoms with Gasteiger partial charge in [-0.2, -0.15) is 9.97 Å². The van der Waals surface area contributed by atoms with Gasteiger partial charge in [0.1, 0.15) is 79.8 Å². The normalized spacial score (nSPS) is 24.3. The highest BCUT2D eigenvalue weighted by atomic mass is 32.5. The van der Waals surface area contributed by atoms with Crippen molar-refractivity contribution in [1.29, 1.82) is 0 Å². The molecule has 33 nitrogen and oxygen atoms in total. The lowest BCUT2D eigenvalue weighted by atomic mass is 10.1. The van der Waals surface area contributed by atoms with Crippen molar-refractivity contribution in [3.05, 3.63) is 172 Å². The number of carbonyl (C=O) groups excluding carboxylic acids is 2. The molecule has 14 atom stereocenters. The number of hydrogen-bond acceptors (Lipinski definition) is 27. The molecule has 2 amide bonds. The summed E-state index contributed by atoms with van der Waals surface area (Å²) in [6, 6.07) is 16.5. The van der Waals surface area contributed by atoms with Crippen LogP contribution in [-0.4, -0.2) is 215 Å². The van der Waals surface area contributed by atoms with Gasteiger partial charge in [0.2, 0.25) is 13.1 Å². The standard InChI is InChI=1S/C60H76N10O23P2S2/c1-36-30-68(58(75)65-50(36)63-53(73)39-16-12-10-13-17-39)56-48(83-28-25-79-7)45(41(33-71)89-56)92-94(96,85-22-20-61-4)88-35-43-46(49(84-29-26-80-8)57(91-43)69-31-37(2)51(66-59(69)76)64-54(74)40-18-14-11-15-19-40)93-95(97,86-23-21-62-5)87-34-42-44(81-9)47(82-27-24-78-6)55(90-42)70-32-38(3)52(72)67-60(70)77/h10-19,30-32,41-49,55-57,71H,20-29,33-35H2,1-3,6-9H3,(H,67,72,77)(H,63,65,73,75)(H,64,66,74,76)/t41-,42-,43-,44+,45+,46+,47?,48?,49?,55-,56-,57-,94?,95?/m1/s1. The fourth-order valence-electron chi connectivity index (χ4n) is 10.4. The molecule has 3 saturated heterocycles. The van der Waals surface area contributed by atoms with E-state index in [4.69, 9.17) is 111 Å². The zero-order valence-electron chi connectivity index (χ0n) is 53.9. The van der Waals surface area contributed by atoms with E-state index in [1.165, 1.54) is 54.0 Å². The molecule has 0 aliphatic carbocycles. The molecule has 3 aliphatic rings. The number of benzene rings is 2. The van der Waals surface area contributed by atoms with Gasteiger partial charge >= 0.3 is 30.5 Å². The van der Waals surface area contributed by atoms with Gasteiger partial charge in [0, 0.05) is 74.8 Å². The van der Waals surface area contributed by atoms with Gasteiger partial charge in [-0.1, -0.05) is 36.4 Å². The van der Waals surface area contributed by atoms with Gasteiger partial charge in [0.25, 0.3) is 17.4 Å². The van der Waals surface area contributed by atoms with Crippen LogP contribution in [0.1, 0.15) is 56.1 Å². The predicted molar refractivity (Wildman–Crippen MR) is 351 cm³/mol. The molecule has 3 aliphatic heterocycles. The molecule has 8 rings (SSSR count). The van der Waals surface area contributed by atoms with Gasteiger partial charge in [-0.25, -0.2) is 27.5 Å². The first kappa shape index (κ1) is 76.2. The SMILES string of the molecule is [C-]#[N+]CCOP(=S)(OC[C@H]1O[C@@H](n2cc(C)c(NC(=O)c3ccccc3)nc2=O)C(OCCOC)[C@H]1OP(=S)(OCC[N+]#[C-])OC[C@H]1O[C@@H](n2cc(C)c(=O)[nH]c2=O)C(OCCOC)[C@H]1OC)O[C@@H]1C(OCCOC)[C@H](n2cc(C)c(NC(=O)c3ccccc3)nc2=O)O[C@@H]1CO. The van der Waals surface area contributed by atoms with Crippen molar-refractivity contribution in [1.82, 2.24) is 28.7 Å². The summed E-state index contributed by atoms with van der Waals surface area (Å²) < 4.78 is 103. The van der Waals surface area contributed by atoms with Gasteiger partial charge in [0.05, 0.1) is 59.5 Å². The average Bonchev–Trinajstić information content (AvgIpc) is 1.65. The molecule has 0 spiro atoms. The minimum atomic E-state index is -4.35. The average molecular weight is 1430 g/mol. The number of aromatic nitrogens is 6. The van der Waals surface area contributed by atoms with Crippen molar-refractivity contribution >= 4 is 60.5 Å². The van der Waals surface area contributed by atoms with Crippen LogP contribution in [-0.2, 0) is 98.1 Å². The number of carbonyl (C=O) groups is 2. The number of aryl methyl sites for hydroxylation is 3. The Hall–Kier alpha value is -6.58. The number of hydrogen-bond donors (Lipinski definition) is 4. The number of amides is 2. The zero-order valence-corrected chi connectivity index (χ0v) is 57.3. The van der Waals surface area contributed by atoms with E-state index >= 15 is 0 Å². The first-order valence-electron chi connectivity index (χ1n) is 30.2.